The zero-order valence-electron chi connectivity index (χ0n) is 9.94. The Morgan fingerprint density at radius 3 is 3.00 bits per heavy atom. The smallest absolute Gasteiger partial charge is 0.0954 e. The summed E-state index contributed by atoms with van der Waals surface area (Å²) in [4.78, 5) is 3.55. The van der Waals surface area contributed by atoms with Crippen LogP contribution in [0.4, 0.5) is 0 Å². The molecule has 18 heavy (non-hydrogen) atoms. The van der Waals surface area contributed by atoms with Crippen molar-refractivity contribution in [3.05, 3.63) is 59.7 Å². The third-order valence-electron chi connectivity index (χ3n) is 3.74. The molecule has 90 valence electrons. The molecule has 3 aromatic rings. The number of aromatic amines is 1. The first-order chi connectivity index (χ1) is 8.93. The SMILES string of the molecule is c1ccc2c3c([nH]c2c1)C(c1ccoc1)NCC3. The maximum Gasteiger partial charge on any atom is 0.0954 e. The Balaban J connectivity index is 1.94. The van der Waals surface area contributed by atoms with Gasteiger partial charge < -0.3 is 14.7 Å². The highest BCUT2D eigenvalue weighted by molar-refractivity contribution is 5.85. The third-order valence-corrected chi connectivity index (χ3v) is 3.74. The second-order valence-corrected chi connectivity index (χ2v) is 4.76. The molecule has 0 radical (unpaired) electrons. The summed E-state index contributed by atoms with van der Waals surface area (Å²) in [5.74, 6) is 0. The first-order valence-electron chi connectivity index (χ1n) is 6.28. The number of nitrogens with one attached hydrogen (secondary N) is 2. The number of hydrogen-bond donors (Lipinski definition) is 2. The Bertz CT molecular complexity index is 682. The van der Waals surface area contributed by atoms with Gasteiger partial charge in [-0.25, -0.2) is 0 Å². The van der Waals surface area contributed by atoms with Crippen molar-refractivity contribution in [2.45, 2.75) is 12.5 Å². The molecule has 2 aromatic heterocycles. The molecule has 0 amide bonds. The van der Waals surface area contributed by atoms with E-state index in [-0.39, 0.29) is 6.04 Å². The zero-order valence-corrected chi connectivity index (χ0v) is 9.94. The van der Waals surface area contributed by atoms with Gasteiger partial charge in [0.25, 0.3) is 0 Å². The largest absolute Gasteiger partial charge is 0.472 e. The quantitative estimate of drug-likeness (QED) is 0.684. The zero-order chi connectivity index (χ0) is 11.9. The minimum atomic E-state index is 0.222. The minimum absolute atomic E-state index is 0.222. The van der Waals surface area contributed by atoms with E-state index in [1.165, 1.54) is 27.7 Å². The van der Waals surface area contributed by atoms with Crippen LogP contribution in [0.5, 0.6) is 0 Å². The Labute approximate surface area is 105 Å². The van der Waals surface area contributed by atoms with Crippen molar-refractivity contribution in [2.24, 2.45) is 0 Å². The van der Waals surface area contributed by atoms with Gasteiger partial charge in [-0.05, 0) is 24.1 Å². The molecule has 3 heteroatoms. The van der Waals surface area contributed by atoms with Gasteiger partial charge in [0.05, 0.1) is 18.6 Å². The summed E-state index contributed by atoms with van der Waals surface area (Å²) < 4.78 is 5.20. The van der Waals surface area contributed by atoms with E-state index >= 15 is 0 Å². The van der Waals surface area contributed by atoms with Crippen molar-refractivity contribution in [1.29, 1.82) is 0 Å². The Morgan fingerprint density at radius 2 is 2.11 bits per heavy atom. The van der Waals surface area contributed by atoms with E-state index in [4.69, 9.17) is 4.42 Å². The average molecular weight is 238 g/mol. The molecule has 1 aromatic carbocycles. The third kappa shape index (κ3) is 1.34. The van der Waals surface area contributed by atoms with Crippen LogP contribution in [0, 0.1) is 0 Å². The van der Waals surface area contributed by atoms with Crippen LogP contribution in [0.2, 0.25) is 0 Å². The molecule has 0 aliphatic carbocycles. The molecule has 3 nitrogen and oxygen atoms in total. The molecule has 0 spiro atoms. The fourth-order valence-corrected chi connectivity index (χ4v) is 2.90. The highest BCUT2D eigenvalue weighted by Gasteiger charge is 2.25. The molecule has 3 heterocycles. The van der Waals surface area contributed by atoms with Crippen LogP contribution in [0.3, 0.4) is 0 Å². The number of fused-ring (bicyclic) bond motifs is 3. The number of H-pyrrole nitrogens is 1. The lowest BCUT2D eigenvalue weighted by atomic mass is 9.96. The summed E-state index contributed by atoms with van der Waals surface area (Å²) >= 11 is 0. The van der Waals surface area contributed by atoms with E-state index in [1.54, 1.807) is 6.26 Å². The van der Waals surface area contributed by atoms with E-state index in [0.29, 0.717) is 0 Å². The molecule has 1 aliphatic rings. The van der Waals surface area contributed by atoms with Crippen LogP contribution >= 0.6 is 0 Å². The standard InChI is InChI=1S/C15H14N2O/c1-2-4-13-11(3-1)12-5-7-16-14(15(12)17-13)10-6-8-18-9-10/h1-4,6,8-9,14,16-17H,5,7H2. The van der Waals surface area contributed by atoms with Gasteiger partial charge in [0, 0.05) is 28.7 Å². The highest BCUT2D eigenvalue weighted by Crippen LogP contribution is 2.33. The molecule has 2 N–H and O–H groups in total. The van der Waals surface area contributed by atoms with Crippen LogP contribution in [0.15, 0.2) is 47.3 Å². The van der Waals surface area contributed by atoms with Crippen molar-refractivity contribution in [1.82, 2.24) is 10.3 Å². The molecule has 1 atom stereocenters. The van der Waals surface area contributed by atoms with E-state index < -0.39 is 0 Å². The average Bonchev–Trinajstić information content (AvgIpc) is 3.05. The van der Waals surface area contributed by atoms with Gasteiger partial charge in [-0.15, -0.1) is 0 Å². The summed E-state index contributed by atoms with van der Waals surface area (Å²) in [7, 11) is 0. The first-order valence-corrected chi connectivity index (χ1v) is 6.28. The van der Waals surface area contributed by atoms with E-state index in [2.05, 4.69) is 34.6 Å². The van der Waals surface area contributed by atoms with Crippen molar-refractivity contribution in [3.8, 4) is 0 Å². The predicted molar refractivity (Wildman–Crippen MR) is 70.6 cm³/mol. The Kier molecular flexibility index (Phi) is 2.08. The Hall–Kier alpha value is -2.00. The van der Waals surface area contributed by atoms with E-state index in [0.717, 1.165) is 13.0 Å². The lowest BCUT2D eigenvalue weighted by Gasteiger charge is -2.23. The van der Waals surface area contributed by atoms with Crippen LogP contribution in [0.1, 0.15) is 22.9 Å². The van der Waals surface area contributed by atoms with Crippen LogP contribution in [-0.2, 0) is 6.42 Å². The Morgan fingerprint density at radius 1 is 1.17 bits per heavy atom. The minimum Gasteiger partial charge on any atom is -0.472 e. The van der Waals surface area contributed by atoms with Crippen molar-refractivity contribution >= 4 is 10.9 Å². The van der Waals surface area contributed by atoms with Crippen LogP contribution < -0.4 is 5.32 Å². The van der Waals surface area contributed by atoms with Gasteiger partial charge >= 0.3 is 0 Å². The predicted octanol–water partition coefficient (Wildman–Crippen LogP) is 3.00. The molecule has 0 fully saturated rings. The van der Waals surface area contributed by atoms with Gasteiger partial charge in [0.1, 0.15) is 0 Å². The fraction of sp³-hybridized carbons (Fsp3) is 0.200. The molecule has 0 bridgehead atoms. The number of furan rings is 1. The summed E-state index contributed by atoms with van der Waals surface area (Å²) in [5.41, 5.74) is 5.13. The second kappa shape index (κ2) is 3.75. The lowest BCUT2D eigenvalue weighted by Crippen LogP contribution is -2.30. The number of benzene rings is 1. The van der Waals surface area contributed by atoms with Crippen molar-refractivity contribution < 1.29 is 4.42 Å². The van der Waals surface area contributed by atoms with E-state index in [1.807, 2.05) is 12.3 Å². The fourth-order valence-electron chi connectivity index (χ4n) is 2.90. The first kappa shape index (κ1) is 9.97. The molecule has 0 saturated carbocycles. The molecule has 4 rings (SSSR count). The maximum atomic E-state index is 5.20. The maximum absolute atomic E-state index is 5.20. The van der Waals surface area contributed by atoms with Gasteiger partial charge in [-0.3, -0.25) is 0 Å². The summed E-state index contributed by atoms with van der Waals surface area (Å²) in [5, 5.41) is 4.90. The van der Waals surface area contributed by atoms with Gasteiger partial charge in [0.2, 0.25) is 0 Å². The van der Waals surface area contributed by atoms with Gasteiger partial charge in [-0.1, -0.05) is 18.2 Å². The molecule has 1 unspecified atom stereocenters. The monoisotopic (exact) mass is 238 g/mol. The molecule has 0 saturated heterocycles. The van der Waals surface area contributed by atoms with Crippen LogP contribution in [-0.4, -0.2) is 11.5 Å². The van der Waals surface area contributed by atoms with Gasteiger partial charge in [0.15, 0.2) is 0 Å². The summed E-state index contributed by atoms with van der Waals surface area (Å²) in [6, 6.07) is 10.8. The van der Waals surface area contributed by atoms with Crippen molar-refractivity contribution in [3.63, 3.8) is 0 Å². The summed E-state index contributed by atoms with van der Waals surface area (Å²) in [6.45, 7) is 1.00. The normalized spacial score (nSPS) is 19.0. The number of aromatic nitrogens is 1. The number of hydrogen-bond acceptors (Lipinski definition) is 2. The van der Waals surface area contributed by atoms with Crippen molar-refractivity contribution in [2.75, 3.05) is 6.54 Å². The van der Waals surface area contributed by atoms with Crippen LogP contribution in [0.25, 0.3) is 10.9 Å². The molecular formula is C15H14N2O. The second-order valence-electron chi connectivity index (χ2n) is 4.76. The molecule has 1 aliphatic heterocycles. The highest BCUT2D eigenvalue weighted by atomic mass is 16.3. The lowest BCUT2D eigenvalue weighted by molar-refractivity contribution is 0.534. The number of rotatable bonds is 1. The summed E-state index contributed by atoms with van der Waals surface area (Å²) in [6.07, 6.45) is 4.62. The topological polar surface area (TPSA) is 41.0 Å². The van der Waals surface area contributed by atoms with Gasteiger partial charge in [-0.2, -0.15) is 0 Å². The van der Waals surface area contributed by atoms with E-state index in [9.17, 15) is 0 Å². The number of para-hydroxylation sites is 1. The molecular weight excluding hydrogens is 224 g/mol.